The third-order valence-electron chi connectivity index (χ3n) is 2.96. The molecule has 0 saturated carbocycles. The van der Waals surface area contributed by atoms with Crippen molar-refractivity contribution in [1.29, 1.82) is 0 Å². The van der Waals surface area contributed by atoms with Gasteiger partial charge in [-0.15, -0.1) is 0 Å². The molecule has 0 atom stereocenters. The van der Waals surface area contributed by atoms with Gasteiger partial charge in [-0.05, 0) is 54.8 Å². The summed E-state index contributed by atoms with van der Waals surface area (Å²) in [5.41, 5.74) is 8.83. The van der Waals surface area contributed by atoms with E-state index in [9.17, 15) is 4.39 Å². The maximum absolute atomic E-state index is 13.6. The summed E-state index contributed by atoms with van der Waals surface area (Å²) >= 11 is 0. The van der Waals surface area contributed by atoms with Gasteiger partial charge in [-0.25, -0.2) is 4.39 Å². The Balaban J connectivity index is 2.13. The van der Waals surface area contributed by atoms with Gasteiger partial charge in [-0.2, -0.15) is 0 Å². The number of halogens is 1. The van der Waals surface area contributed by atoms with E-state index in [4.69, 9.17) is 10.5 Å². The summed E-state index contributed by atoms with van der Waals surface area (Å²) in [4.78, 5) is 0. The zero-order valence-electron chi connectivity index (χ0n) is 12.2. The van der Waals surface area contributed by atoms with Crippen LogP contribution in [-0.2, 0) is 6.61 Å². The van der Waals surface area contributed by atoms with Crippen molar-refractivity contribution in [1.82, 2.24) is 0 Å². The highest BCUT2D eigenvalue weighted by molar-refractivity contribution is 5.39. The molecule has 0 aromatic heterocycles. The van der Waals surface area contributed by atoms with Gasteiger partial charge in [0.25, 0.3) is 0 Å². The first-order chi connectivity index (χ1) is 10.1. The quantitative estimate of drug-likeness (QED) is 0.877. The molecular formula is C18H18FNO. The van der Waals surface area contributed by atoms with Gasteiger partial charge in [0.15, 0.2) is 0 Å². The van der Waals surface area contributed by atoms with Gasteiger partial charge >= 0.3 is 0 Å². The number of aryl methyl sites for hydroxylation is 2. The van der Waals surface area contributed by atoms with Crippen LogP contribution in [0.25, 0.3) is 0 Å². The highest BCUT2D eigenvalue weighted by Crippen LogP contribution is 2.18. The normalized spacial score (nSPS) is 9.90. The molecule has 0 amide bonds. The fraction of sp³-hybridized carbons (Fsp3) is 0.222. The van der Waals surface area contributed by atoms with E-state index in [1.807, 2.05) is 26.0 Å². The first-order valence-electron chi connectivity index (χ1n) is 6.77. The molecule has 0 heterocycles. The Morgan fingerprint density at radius 2 is 1.81 bits per heavy atom. The summed E-state index contributed by atoms with van der Waals surface area (Å²) in [6.07, 6.45) is 0. The van der Waals surface area contributed by atoms with Crippen LogP contribution in [0.2, 0.25) is 0 Å². The Bertz CT molecular complexity index is 678. The molecule has 3 heteroatoms. The first-order valence-corrected chi connectivity index (χ1v) is 6.77. The number of ether oxygens (including phenoxy) is 1. The summed E-state index contributed by atoms with van der Waals surface area (Å²) in [5, 5.41) is 0. The predicted octanol–water partition coefficient (Wildman–Crippen LogP) is 3.33. The van der Waals surface area contributed by atoms with Crippen molar-refractivity contribution in [3.05, 3.63) is 64.5 Å². The van der Waals surface area contributed by atoms with Crippen molar-refractivity contribution >= 4 is 0 Å². The number of hydrogen-bond donors (Lipinski definition) is 1. The topological polar surface area (TPSA) is 35.2 Å². The molecule has 0 aliphatic carbocycles. The largest absolute Gasteiger partial charge is 0.489 e. The third-order valence-corrected chi connectivity index (χ3v) is 2.96. The molecule has 2 rings (SSSR count). The van der Waals surface area contributed by atoms with E-state index in [0.717, 1.165) is 22.4 Å². The van der Waals surface area contributed by atoms with Gasteiger partial charge < -0.3 is 10.5 Å². The summed E-state index contributed by atoms with van der Waals surface area (Å²) in [7, 11) is 0. The SMILES string of the molecule is Cc1cc(C)cc(OCc2ccc(F)c(C#CCN)c2)c1. The molecule has 2 nitrogen and oxygen atoms in total. The van der Waals surface area contributed by atoms with Crippen LogP contribution in [0.5, 0.6) is 5.75 Å². The Labute approximate surface area is 124 Å². The van der Waals surface area contributed by atoms with Crippen molar-refractivity contribution in [3.8, 4) is 17.6 Å². The van der Waals surface area contributed by atoms with Crippen LogP contribution in [0.3, 0.4) is 0 Å². The standard InChI is InChI=1S/C18H18FNO/c1-13-8-14(2)10-17(9-13)21-12-15-5-6-18(19)16(11-15)4-3-7-20/h5-6,8-11H,7,12,20H2,1-2H3. The van der Waals surface area contributed by atoms with Crippen molar-refractivity contribution in [2.24, 2.45) is 5.73 Å². The lowest BCUT2D eigenvalue weighted by Crippen LogP contribution is -1.98. The fourth-order valence-corrected chi connectivity index (χ4v) is 2.09. The Morgan fingerprint density at radius 3 is 2.48 bits per heavy atom. The average molecular weight is 283 g/mol. The van der Waals surface area contributed by atoms with Gasteiger partial charge in [0.2, 0.25) is 0 Å². The van der Waals surface area contributed by atoms with Crippen LogP contribution in [0.4, 0.5) is 4.39 Å². The molecule has 108 valence electrons. The summed E-state index contributed by atoms with van der Waals surface area (Å²) in [6, 6.07) is 10.8. The van der Waals surface area contributed by atoms with Crippen LogP contribution in [-0.4, -0.2) is 6.54 Å². The molecule has 2 N–H and O–H groups in total. The number of rotatable bonds is 3. The molecule has 2 aromatic carbocycles. The van der Waals surface area contributed by atoms with Gasteiger partial charge in [0.05, 0.1) is 12.1 Å². The molecule has 21 heavy (non-hydrogen) atoms. The minimum absolute atomic E-state index is 0.211. The smallest absolute Gasteiger partial charge is 0.138 e. The molecule has 0 spiro atoms. The van der Waals surface area contributed by atoms with Crippen LogP contribution in [0.15, 0.2) is 36.4 Å². The number of hydrogen-bond acceptors (Lipinski definition) is 2. The molecule has 0 bridgehead atoms. The maximum Gasteiger partial charge on any atom is 0.138 e. The van der Waals surface area contributed by atoms with Gasteiger partial charge in [-0.3, -0.25) is 0 Å². The second kappa shape index (κ2) is 6.92. The lowest BCUT2D eigenvalue weighted by atomic mass is 10.1. The highest BCUT2D eigenvalue weighted by Gasteiger charge is 2.03. The number of nitrogens with two attached hydrogens (primary N) is 1. The predicted molar refractivity (Wildman–Crippen MR) is 82.6 cm³/mol. The van der Waals surface area contributed by atoms with E-state index in [2.05, 4.69) is 17.9 Å². The Kier molecular flexibility index (Phi) is 4.97. The maximum atomic E-state index is 13.6. The van der Waals surface area contributed by atoms with Gasteiger partial charge in [0.1, 0.15) is 18.2 Å². The second-order valence-corrected chi connectivity index (χ2v) is 4.93. The van der Waals surface area contributed by atoms with Gasteiger partial charge in [0, 0.05) is 0 Å². The Hall–Kier alpha value is -2.31. The first kappa shape index (κ1) is 15.1. The van der Waals surface area contributed by atoms with Crippen LogP contribution in [0.1, 0.15) is 22.3 Å². The van der Waals surface area contributed by atoms with E-state index in [1.54, 1.807) is 12.1 Å². The van der Waals surface area contributed by atoms with Crippen LogP contribution < -0.4 is 10.5 Å². The van der Waals surface area contributed by atoms with Gasteiger partial charge in [-0.1, -0.05) is 24.0 Å². The van der Waals surface area contributed by atoms with E-state index >= 15 is 0 Å². The molecule has 0 saturated heterocycles. The van der Waals surface area contributed by atoms with Crippen LogP contribution >= 0.6 is 0 Å². The van der Waals surface area contributed by atoms with E-state index < -0.39 is 0 Å². The molecule has 0 fully saturated rings. The zero-order chi connectivity index (χ0) is 15.2. The second-order valence-electron chi connectivity index (χ2n) is 4.93. The molecule has 0 unspecified atom stereocenters. The van der Waals surface area contributed by atoms with Crippen molar-refractivity contribution in [2.75, 3.05) is 6.54 Å². The molecule has 0 aliphatic rings. The van der Waals surface area contributed by atoms with E-state index in [0.29, 0.717) is 12.2 Å². The minimum Gasteiger partial charge on any atom is -0.489 e. The number of benzene rings is 2. The summed E-state index contributed by atoms with van der Waals surface area (Å²) in [5.74, 6) is 5.85. The molecular weight excluding hydrogens is 265 g/mol. The summed E-state index contributed by atoms with van der Waals surface area (Å²) in [6.45, 7) is 4.64. The molecule has 2 aromatic rings. The van der Waals surface area contributed by atoms with Crippen LogP contribution in [0, 0.1) is 31.5 Å². The van der Waals surface area contributed by atoms with Crippen molar-refractivity contribution in [3.63, 3.8) is 0 Å². The molecule has 0 radical (unpaired) electrons. The minimum atomic E-state index is -0.342. The zero-order valence-corrected chi connectivity index (χ0v) is 12.2. The monoisotopic (exact) mass is 283 g/mol. The average Bonchev–Trinajstić information content (AvgIpc) is 2.44. The van der Waals surface area contributed by atoms with E-state index in [1.165, 1.54) is 6.07 Å². The molecule has 0 aliphatic heterocycles. The Morgan fingerprint density at radius 1 is 1.10 bits per heavy atom. The fourth-order valence-electron chi connectivity index (χ4n) is 2.09. The van der Waals surface area contributed by atoms with Crippen molar-refractivity contribution < 1.29 is 9.13 Å². The van der Waals surface area contributed by atoms with Crippen molar-refractivity contribution in [2.45, 2.75) is 20.5 Å². The third kappa shape index (κ3) is 4.34. The highest BCUT2D eigenvalue weighted by atomic mass is 19.1. The summed E-state index contributed by atoms with van der Waals surface area (Å²) < 4.78 is 19.3. The lowest BCUT2D eigenvalue weighted by Gasteiger charge is -2.09. The van der Waals surface area contributed by atoms with E-state index in [-0.39, 0.29) is 12.4 Å². The lowest BCUT2D eigenvalue weighted by molar-refractivity contribution is 0.305.